The van der Waals surface area contributed by atoms with Crippen LogP contribution in [0.3, 0.4) is 0 Å². The average Bonchev–Trinajstić information content (AvgIpc) is 3.76. The maximum atomic E-state index is 13.0. The van der Waals surface area contributed by atoms with Crippen LogP contribution in [-0.2, 0) is 10.9 Å². The Morgan fingerprint density at radius 1 is 1.14 bits per heavy atom. The van der Waals surface area contributed by atoms with E-state index in [4.69, 9.17) is 14.2 Å². The summed E-state index contributed by atoms with van der Waals surface area (Å²) in [4.78, 5) is 35.8. The zero-order valence-electron chi connectivity index (χ0n) is 22.6. The monoisotopic (exact) mass is 617 g/mol. The quantitative estimate of drug-likeness (QED) is 0.213. The molecule has 2 N–H and O–H groups in total. The lowest BCUT2D eigenvalue weighted by molar-refractivity contribution is -0.159. The van der Waals surface area contributed by atoms with E-state index in [0.29, 0.717) is 22.7 Å². The number of nitrogens with zero attached hydrogens (tertiary/aromatic N) is 5. The second-order valence-electron chi connectivity index (χ2n) is 8.64. The fourth-order valence-electron chi connectivity index (χ4n) is 4.02. The van der Waals surface area contributed by atoms with Gasteiger partial charge in [-0.2, -0.15) is 22.8 Å². The molecule has 0 aliphatic carbocycles. The highest BCUT2D eigenvalue weighted by Gasteiger charge is 2.38. The molecule has 0 saturated heterocycles. The molecule has 5 rings (SSSR count). The van der Waals surface area contributed by atoms with Crippen LogP contribution in [0.15, 0.2) is 57.3 Å². The Morgan fingerprint density at radius 2 is 1.88 bits per heavy atom. The van der Waals surface area contributed by atoms with Gasteiger partial charge in [0.1, 0.15) is 6.04 Å². The molecule has 0 aliphatic heterocycles. The lowest BCUT2D eigenvalue weighted by Gasteiger charge is -2.20. The van der Waals surface area contributed by atoms with Crippen molar-refractivity contribution < 1.29 is 36.7 Å². The van der Waals surface area contributed by atoms with E-state index in [9.17, 15) is 22.8 Å². The van der Waals surface area contributed by atoms with Crippen LogP contribution in [0.25, 0.3) is 17.2 Å². The van der Waals surface area contributed by atoms with Crippen LogP contribution in [0.2, 0.25) is 0 Å². The van der Waals surface area contributed by atoms with Crippen molar-refractivity contribution in [2.24, 2.45) is 0 Å². The number of halogens is 3. The SMILES string of the molecule is CCOC(=O)c1scnc1-n1nc(C(Nc2ccc(-c3noc(C(F)(F)F)n3)cc2)c2ccc(OC)c(OC)c2)[nH]c1=O. The zero-order valence-corrected chi connectivity index (χ0v) is 23.4. The number of aromatic nitrogens is 6. The third kappa shape index (κ3) is 6.06. The number of nitrogens with one attached hydrogen (secondary N) is 2. The van der Waals surface area contributed by atoms with Gasteiger partial charge in [-0.3, -0.25) is 4.98 Å². The third-order valence-electron chi connectivity index (χ3n) is 5.98. The van der Waals surface area contributed by atoms with Crippen LogP contribution >= 0.6 is 11.3 Å². The van der Waals surface area contributed by atoms with Crippen LogP contribution in [0.5, 0.6) is 11.5 Å². The maximum Gasteiger partial charge on any atom is 0.471 e. The summed E-state index contributed by atoms with van der Waals surface area (Å²) in [5.74, 6) is -1.31. The minimum absolute atomic E-state index is 0.00435. The fraction of sp³-hybridized carbons (Fsp3) is 0.231. The number of methoxy groups -OCH3 is 2. The van der Waals surface area contributed by atoms with E-state index in [0.717, 1.165) is 16.0 Å². The number of aromatic amines is 1. The molecule has 3 aromatic heterocycles. The van der Waals surface area contributed by atoms with E-state index in [-0.39, 0.29) is 34.5 Å². The molecule has 0 amide bonds. The molecular weight excluding hydrogens is 595 g/mol. The van der Waals surface area contributed by atoms with Gasteiger partial charge in [0.05, 0.1) is 26.3 Å². The van der Waals surface area contributed by atoms with E-state index in [2.05, 4.69) is 35.0 Å². The van der Waals surface area contributed by atoms with Crippen molar-refractivity contribution in [1.29, 1.82) is 0 Å². The first kappa shape index (κ1) is 29.3. The number of hydrogen-bond acceptors (Lipinski definition) is 12. The standard InChI is InChI=1S/C26H22F3N7O6S/c1-4-41-23(37)19-22(30-12-43-19)36-25(38)33-21(34-36)18(14-7-10-16(39-2)17(11-14)40-3)31-15-8-5-13(6-9-15)20-32-24(42-35-20)26(27,28)29/h5-12,18,31H,4H2,1-3H3,(H,33,34,38). The summed E-state index contributed by atoms with van der Waals surface area (Å²) < 4.78 is 59.8. The van der Waals surface area contributed by atoms with Gasteiger partial charge in [-0.15, -0.1) is 16.4 Å². The Morgan fingerprint density at radius 3 is 2.53 bits per heavy atom. The number of H-pyrrole nitrogens is 1. The fourth-order valence-corrected chi connectivity index (χ4v) is 4.68. The molecule has 5 aromatic rings. The summed E-state index contributed by atoms with van der Waals surface area (Å²) >= 11 is 1.00. The predicted octanol–water partition coefficient (Wildman–Crippen LogP) is 4.48. The Hall–Kier alpha value is -5.19. The number of hydrogen-bond donors (Lipinski definition) is 2. The number of benzene rings is 2. The van der Waals surface area contributed by atoms with Crippen molar-refractivity contribution in [3.63, 3.8) is 0 Å². The van der Waals surface area contributed by atoms with Gasteiger partial charge in [0.2, 0.25) is 5.82 Å². The van der Waals surface area contributed by atoms with Gasteiger partial charge in [0.25, 0.3) is 0 Å². The number of anilines is 1. The Labute approximate surface area is 244 Å². The largest absolute Gasteiger partial charge is 0.493 e. The summed E-state index contributed by atoms with van der Waals surface area (Å²) in [7, 11) is 2.96. The first-order valence-electron chi connectivity index (χ1n) is 12.4. The highest BCUT2D eigenvalue weighted by Crippen LogP contribution is 2.34. The highest BCUT2D eigenvalue weighted by atomic mass is 32.1. The number of rotatable bonds is 10. The smallest absolute Gasteiger partial charge is 0.471 e. The van der Waals surface area contributed by atoms with Crippen molar-refractivity contribution in [3.8, 4) is 28.7 Å². The van der Waals surface area contributed by atoms with Gasteiger partial charge >= 0.3 is 23.7 Å². The molecule has 0 radical (unpaired) electrons. The summed E-state index contributed by atoms with van der Waals surface area (Å²) in [5, 5.41) is 11.1. The van der Waals surface area contributed by atoms with Crippen molar-refractivity contribution in [2.75, 3.05) is 26.1 Å². The third-order valence-corrected chi connectivity index (χ3v) is 6.78. The number of ether oxygens (including phenoxy) is 3. The molecular formula is C26H22F3N7O6S. The molecule has 2 aromatic carbocycles. The van der Waals surface area contributed by atoms with Gasteiger partial charge in [0, 0.05) is 11.3 Å². The maximum absolute atomic E-state index is 13.0. The molecule has 1 atom stereocenters. The van der Waals surface area contributed by atoms with E-state index in [1.54, 1.807) is 37.3 Å². The van der Waals surface area contributed by atoms with Crippen molar-refractivity contribution in [1.82, 2.24) is 29.9 Å². The molecule has 0 saturated carbocycles. The molecule has 0 aliphatic rings. The summed E-state index contributed by atoms with van der Waals surface area (Å²) in [6.07, 6.45) is -4.77. The molecule has 0 spiro atoms. The van der Waals surface area contributed by atoms with Gasteiger partial charge < -0.3 is 24.1 Å². The normalized spacial score (nSPS) is 12.1. The Balaban J connectivity index is 1.52. The van der Waals surface area contributed by atoms with E-state index in [1.807, 2.05) is 0 Å². The molecule has 3 heterocycles. The second kappa shape index (κ2) is 12.0. The van der Waals surface area contributed by atoms with Crippen molar-refractivity contribution in [3.05, 3.63) is 80.6 Å². The minimum atomic E-state index is -4.77. The number of esters is 1. The van der Waals surface area contributed by atoms with Gasteiger partial charge in [-0.25, -0.2) is 14.6 Å². The summed E-state index contributed by atoms with van der Waals surface area (Å²) in [6, 6.07) is 10.5. The molecule has 0 bridgehead atoms. The van der Waals surface area contributed by atoms with Crippen molar-refractivity contribution >= 4 is 23.0 Å². The van der Waals surface area contributed by atoms with Crippen molar-refractivity contribution in [2.45, 2.75) is 19.1 Å². The molecule has 1 unspecified atom stereocenters. The second-order valence-corrected chi connectivity index (χ2v) is 9.50. The lowest BCUT2D eigenvalue weighted by atomic mass is 10.0. The number of carbonyl (C=O) groups is 1. The van der Waals surface area contributed by atoms with Gasteiger partial charge in [-0.05, 0) is 48.9 Å². The topological polar surface area (TPSA) is 159 Å². The summed E-state index contributed by atoms with van der Waals surface area (Å²) in [5.41, 5.74) is 2.11. The predicted molar refractivity (Wildman–Crippen MR) is 146 cm³/mol. The summed E-state index contributed by atoms with van der Waals surface area (Å²) in [6.45, 7) is 1.79. The average molecular weight is 618 g/mol. The first-order valence-corrected chi connectivity index (χ1v) is 13.3. The van der Waals surface area contributed by atoms with Crippen LogP contribution in [-0.4, -0.2) is 56.7 Å². The number of carbonyl (C=O) groups excluding carboxylic acids is 1. The highest BCUT2D eigenvalue weighted by molar-refractivity contribution is 7.12. The molecule has 17 heteroatoms. The Kier molecular flexibility index (Phi) is 8.16. The van der Waals surface area contributed by atoms with Crippen LogP contribution in [0.1, 0.15) is 39.9 Å². The van der Waals surface area contributed by atoms with E-state index < -0.39 is 29.8 Å². The molecule has 13 nitrogen and oxygen atoms in total. The van der Waals surface area contributed by atoms with Gasteiger partial charge in [0.15, 0.2) is 28.0 Å². The molecule has 224 valence electrons. The Bertz CT molecular complexity index is 1800. The molecule has 0 fully saturated rings. The van der Waals surface area contributed by atoms with Crippen LogP contribution < -0.4 is 20.5 Å². The minimum Gasteiger partial charge on any atom is -0.493 e. The lowest BCUT2D eigenvalue weighted by Crippen LogP contribution is -2.19. The van der Waals surface area contributed by atoms with Crippen LogP contribution in [0.4, 0.5) is 18.9 Å². The van der Waals surface area contributed by atoms with Gasteiger partial charge in [-0.1, -0.05) is 11.2 Å². The van der Waals surface area contributed by atoms with Crippen LogP contribution in [0, 0.1) is 0 Å². The zero-order chi connectivity index (χ0) is 30.7. The first-order chi connectivity index (χ1) is 20.6. The van der Waals surface area contributed by atoms with E-state index in [1.165, 1.54) is 31.9 Å². The molecule has 43 heavy (non-hydrogen) atoms. The van der Waals surface area contributed by atoms with E-state index >= 15 is 0 Å². The number of thiazole rings is 1. The number of alkyl halides is 3.